The van der Waals surface area contributed by atoms with Crippen LogP contribution in [0.15, 0.2) is 65.9 Å². The first-order valence-corrected chi connectivity index (χ1v) is 12.8. The number of carbonyl (C=O) groups excluding carboxylic acids is 2. The molecule has 1 aliphatic heterocycles. The Morgan fingerprint density at radius 3 is 2.37 bits per heavy atom. The van der Waals surface area contributed by atoms with Gasteiger partial charge in [0.15, 0.2) is 5.76 Å². The van der Waals surface area contributed by atoms with Crippen molar-refractivity contribution < 1.29 is 14.7 Å². The summed E-state index contributed by atoms with van der Waals surface area (Å²) in [6.45, 7) is 5.61. The van der Waals surface area contributed by atoms with E-state index in [9.17, 15) is 14.7 Å². The fourth-order valence-corrected chi connectivity index (χ4v) is 5.84. The number of Topliss-reactive ketones (excluding diaryl/α,β-unsaturated/α-hetero) is 1. The molecular weight excluding hydrogens is 480 g/mol. The first-order valence-electron chi connectivity index (χ1n) is 11.1. The molecule has 0 unspecified atom stereocenters. The largest absolute Gasteiger partial charge is 0.503 e. The summed E-state index contributed by atoms with van der Waals surface area (Å²) in [6, 6.07) is 16.5. The molecule has 2 aromatic carbocycles. The second kappa shape index (κ2) is 9.16. The van der Waals surface area contributed by atoms with Gasteiger partial charge in [0.1, 0.15) is 10.0 Å². The molecule has 1 amide bonds. The van der Waals surface area contributed by atoms with Gasteiger partial charge in [0.25, 0.3) is 5.91 Å². The summed E-state index contributed by atoms with van der Waals surface area (Å²) in [5.74, 6) is -1.65. The molecule has 9 heteroatoms. The monoisotopic (exact) mass is 502 g/mol. The average molecular weight is 503 g/mol. The van der Waals surface area contributed by atoms with Crippen LogP contribution in [0.5, 0.6) is 0 Å². The molecular formula is C26H22N4O3S2. The highest BCUT2D eigenvalue weighted by molar-refractivity contribution is 7.17. The maximum Gasteiger partial charge on any atom is 0.296 e. The molecule has 0 spiro atoms. The summed E-state index contributed by atoms with van der Waals surface area (Å²) in [5.41, 5.74) is 3.32. The third-order valence-corrected chi connectivity index (χ3v) is 7.94. The number of aliphatic hydroxyl groups is 1. The van der Waals surface area contributed by atoms with Gasteiger partial charge in [0.05, 0.1) is 22.2 Å². The molecule has 0 fully saturated rings. The molecule has 0 bridgehead atoms. The summed E-state index contributed by atoms with van der Waals surface area (Å²) >= 11 is 2.49. The molecule has 1 atom stereocenters. The minimum Gasteiger partial charge on any atom is -0.503 e. The zero-order valence-corrected chi connectivity index (χ0v) is 21.0. The molecule has 1 N–H and O–H groups in total. The summed E-state index contributed by atoms with van der Waals surface area (Å²) in [4.78, 5) is 33.5. The predicted octanol–water partition coefficient (Wildman–Crippen LogP) is 5.62. The van der Waals surface area contributed by atoms with Gasteiger partial charge in [0, 0.05) is 5.56 Å². The summed E-state index contributed by atoms with van der Waals surface area (Å²) in [6.07, 6.45) is 0.860. The van der Waals surface area contributed by atoms with Gasteiger partial charge in [-0.3, -0.25) is 14.5 Å². The lowest BCUT2D eigenvalue weighted by Crippen LogP contribution is -2.31. The first kappa shape index (κ1) is 23.1. The van der Waals surface area contributed by atoms with Crippen LogP contribution < -0.4 is 4.90 Å². The topological polar surface area (TPSA) is 96.3 Å². The normalized spacial score (nSPS) is 15.8. The van der Waals surface area contributed by atoms with Gasteiger partial charge < -0.3 is 5.11 Å². The standard InChI is InChI=1S/C26H22N4O3S2/c1-4-16-10-12-17(13-11-16)20-19(22(32)25(33)30(20)26-29-28-15(3)34-26)21(31)23-14(2)27-24(35-23)18-8-6-5-7-9-18/h5-13,20,32H,4H2,1-3H3/t20-/m0/s1. The van der Waals surface area contributed by atoms with Crippen molar-refractivity contribution in [2.45, 2.75) is 33.2 Å². The average Bonchev–Trinajstić information content (AvgIpc) is 3.55. The number of aliphatic hydroxyl groups excluding tert-OH is 1. The van der Waals surface area contributed by atoms with E-state index in [0.29, 0.717) is 31.3 Å². The summed E-state index contributed by atoms with van der Waals surface area (Å²) in [7, 11) is 0. The lowest BCUT2D eigenvalue weighted by molar-refractivity contribution is -0.117. The van der Waals surface area contributed by atoms with Crippen molar-refractivity contribution in [1.82, 2.24) is 15.2 Å². The van der Waals surface area contributed by atoms with Crippen molar-refractivity contribution in [3.8, 4) is 10.6 Å². The SMILES string of the molecule is CCc1ccc([C@H]2C(C(=O)c3sc(-c4ccccc4)nc3C)=C(O)C(=O)N2c2nnc(C)s2)cc1. The van der Waals surface area contributed by atoms with Gasteiger partial charge in [-0.05, 0) is 31.4 Å². The Balaban J connectivity index is 1.62. The van der Waals surface area contributed by atoms with E-state index in [0.717, 1.165) is 17.5 Å². The van der Waals surface area contributed by atoms with Gasteiger partial charge in [-0.1, -0.05) is 72.9 Å². The van der Waals surface area contributed by atoms with Crippen molar-refractivity contribution in [2.75, 3.05) is 4.90 Å². The molecule has 2 aromatic heterocycles. The number of hydrogen-bond donors (Lipinski definition) is 1. The Morgan fingerprint density at radius 1 is 1.03 bits per heavy atom. The van der Waals surface area contributed by atoms with Crippen LogP contribution in [0.4, 0.5) is 5.13 Å². The third kappa shape index (κ3) is 4.06. The van der Waals surface area contributed by atoms with Crippen LogP contribution in [0, 0.1) is 13.8 Å². The zero-order chi connectivity index (χ0) is 24.7. The van der Waals surface area contributed by atoms with E-state index in [1.807, 2.05) is 54.6 Å². The number of carbonyl (C=O) groups is 2. The molecule has 7 nitrogen and oxygen atoms in total. The van der Waals surface area contributed by atoms with Gasteiger partial charge in [-0.2, -0.15) is 0 Å². The summed E-state index contributed by atoms with van der Waals surface area (Å²) in [5, 5.41) is 20.9. The molecule has 176 valence electrons. The van der Waals surface area contributed by atoms with Gasteiger partial charge in [-0.15, -0.1) is 21.5 Å². The predicted molar refractivity (Wildman–Crippen MR) is 137 cm³/mol. The lowest BCUT2D eigenvalue weighted by Gasteiger charge is -2.24. The van der Waals surface area contributed by atoms with Crippen LogP contribution in [0.2, 0.25) is 0 Å². The molecule has 0 saturated carbocycles. The van der Waals surface area contributed by atoms with Crippen LogP contribution in [0.25, 0.3) is 10.6 Å². The Morgan fingerprint density at radius 2 is 1.74 bits per heavy atom. The third-order valence-electron chi connectivity index (χ3n) is 5.90. The second-order valence-corrected chi connectivity index (χ2v) is 10.3. The number of benzene rings is 2. The number of rotatable bonds is 6. The number of anilines is 1. The van der Waals surface area contributed by atoms with Gasteiger partial charge in [0.2, 0.25) is 10.9 Å². The Bertz CT molecular complexity index is 1460. The van der Waals surface area contributed by atoms with E-state index in [-0.39, 0.29) is 5.57 Å². The smallest absolute Gasteiger partial charge is 0.296 e. The van der Waals surface area contributed by atoms with E-state index in [2.05, 4.69) is 22.1 Å². The Kier molecular flexibility index (Phi) is 6.04. The van der Waals surface area contributed by atoms with Crippen LogP contribution >= 0.6 is 22.7 Å². The van der Waals surface area contributed by atoms with Gasteiger partial charge in [-0.25, -0.2) is 4.98 Å². The van der Waals surface area contributed by atoms with Crippen LogP contribution in [-0.2, 0) is 11.2 Å². The molecule has 5 rings (SSSR count). The number of thiazole rings is 1. The maximum absolute atomic E-state index is 13.9. The van der Waals surface area contributed by atoms with Crippen molar-refractivity contribution in [1.29, 1.82) is 0 Å². The number of ketones is 1. The molecule has 0 radical (unpaired) electrons. The molecule has 1 aliphatic rings. The van der Waals surface area contributed by atoms with E-state index in [1.54, 1.807) is 13.8 Å². The minimum absolute atomic E-state index is 0.0264. The van der Waals surface area contributed by atoms with Crippen LogP contribution in [0.3, 0.4) is 0 Å². The van der Waals surface area contributed by atoms with Crippen molar-refractivity contribution >= 4 is 39.5 Å². The number of hydrogen-bond acceptors (Lipinski definition) is 8. The van der Waals surface area contributed by atoms with Crippen LogP contribution in [-0.4, -0.2) is 32.0 Å². The highest BCUT2D eigenvalue weighted by Gasteiger charge is 2.46. The highest BCUT2D eigenvalue weighted by atomic mass is 32.1. The molecule has 4 aromatic rings. The number of aryl methyl sites for hydroxylation is 3. The number of amides is 1. The van der Waals surface area contributed by atoms with Crippen molar-refractivity contribution in [2.24, 2.45) is 0 Å². The van der Waals surface area contributed by atoms with E-state index in [1.165, 1.54) is 27.6 Å². The zero-order valence-electron chi connectivity index (χ0n) is 19.3. The highest BCUT2D eigenvalue weighted by Crippen LogP contribution is 2.44. The quantitative estimate of drug-likeness (QED) is 0.344. The Hall–Kier alpha value is -3.69. The fraction of sp³-hybridized carbons (Fsp3) is 0.192. The van der Waals surface area contributed by atoms with Crippen molar-refractivity contribution in [3.05, 3.63) is 92.6 Å². The van der Waals surface area contributed by atoms with Crippen LogP contribution in [0.1, 0.15) is 44.5 Å². The van der Waals surface area contributed by atoms with Gasteiger partial charge >= 0.3 is 0 Å². The second-order valence-electron chi connectivity index (χ2n) is 8.17. The summed E-state index contributed by atoms with van der Waals surface area (Å²) < 4.78 is 0. The maximum atomic E-state index is 13.9. The Labute approximate surface area is 210 Å². The molecule has 0 aliphatic carbocycles. The molecule has 35 heavy (non-hydrogen) atoms. The first-order chi connectivity index (χ1) is 16.9. The number of nitrogens with zero attached hydrogens (tertiary/aromatic N) is 4. The van der Waals surface area contributed by atoms with E-state index >= 15 is 0 Å². The number of aromatic nitrogens is 3. The molecule has 3 heterocycles. The van der Waals surface area contributed by atoms with Crippen molar-refractivity contribution in [3.63, 3.8) is 0 Å². The van der Waals surface area contributed by atoms with E-state index < -0.39 is 23.5 Å². The molecule has 0 saturated heterocycles. The van der Waals surface area contributed by atoms with E-state index in [4.69, 9.17) is 0 Å². The minimum atomic E-state index is -0.824. The lowest BCUT2D eigenvalue weighted by atomic mass is 9.94. The fourth-order valence-electron chi connectivity index (χ4n) is 4.10.